The number of halogens is 1. The average molecular weight is 702 g/mol. The Hall–Kier alpha value is -4.51. The fourth-order valence-corrected chi connectivity index (χ4v) is 6.53. The fraction of sp³-hybridized carbons (Fsp3) is 0.300. The molecule has 2 aromatic carbocycles. The van der Waals surface area contributed by atoms with Crippen LogP contribution >= 0.6 is 34.7 Å². The highest BCUT2D eigenvalue weighted by Gasteiger charge is 2.59. The molecule has 246 valence electrons. The highest BCUT2D eigenvalue weighted by Crippen LogP contribution is 2.45. The summed E-state index contributed by atoms with van der Waals surface area (Å²) in [6.07, 6.45) is 1.47. The Kier molecular flexibility index (Phi) is 10.4. The Morgan fingerprint density at radius 3 is 2.34 bits per heavy atom. The van der Waals surface area contributed by atoms with Crippen molar-refractivity contribution in [1.82, 2.24) is 15.5 Å². The molecule has 0 spiro atoms. The second-order valence-corrected chi connectivity index (χ2v) is 12.4. The van der Waals surface area contributed by atoms with Crippen molar-refractivity contribution in [2.75, 3.05) is 31.2 Å². The molecule has 2 saturated heterocycles. The maximum absolute atomic E-state index is 14.1. The minimum Gasteiger partial charge on any atom is -0.446 e. The normalized spacial score (nSPS) is 21.0. The summed E-state index contributed by atoms with van der Waals surface area (Å²) in [6.45, 7) is -0.437. The number of nitrogens with zero attached hydrogens (tertiary/aromatic N) is 3. The van der Waals surface area contributed by atoms with Crippen molar-refractivity contribution in [1.29, 1.82) is 0 Å². The minimum absolute atomic E-state index is 0.0244. The average Bonchev–Trinajstić information content (AvgIpc) is 3.79. The smallest absolute Gasteiger partial charge is 0.379 e. The summed E-state index contributed by atoms with van der Waals surface area (Å²) >= 11 is 7.46. The molecule has 3 amide bonds. The van der Waals surface area contributed by atoms with Crippen molar-refractivity contribution in [3.8, 4) is 0 Å². The molecule has 2 aliphatic heterocycles. The molecule has 0 saturated carbocycles. The zero-order valence-corrected chi connectivity index (χ0v) is 27.4. The molecular formula is C30H28ClN5O9S2. The van der Waals surface area contributed by atoms with Gasteiger partial charge < -0.3 is 25.0 Å². The Morgan fingerprint density at radius 1 is 1.13 bits per heavy atom. The SMILES string of the molecule is CON=C(C(=O)NC1(SC)CON(OC(=O)C2(C(c3ccccc3)c3ccccc3)CCC(=O)O2)C1=O)c1csc(NC(=O)CCl)n1. The molecule has 3 heterocycles. The number of carbonyl (C=O) groups is 5. The zero-order valence-electron chi connectivity index (χ0n) is 25.0. The lowest BCUT2D eigenvalue weighted by Gasteiger charge is -2.35. The van der Waals surface area contributed by atoms with Crippen LogP contribution in [0.15, 0.2) is 71.2 Å². The summed E-state index contributed by atoms with van der Waals surface area (Å²) in [4.78, 5) is 83.7. The number of hydrogen-bond acceptors (Lipinski definition) is 13. The third-order valence-electron chi connectivity index (χ3n) is 7.31. The van der Waals surface area contributed by atoms with E-state index in [2.05, 4.69) is 20.8 Å². The number of aromatic nitrogens is 1. The number of anilines is 1. The van der Waals surface area contributed by atoms with Gasteiger partial charge in [-0.15, -0.1) is 34.7 Å². The van der Waals surface area contributed by atoms with Crippen LogP contribution in [0.1, 0.15) is 35.6 Å². The van der Waals surface area contributed by atoms with Gasteiger partial charge in [-0.2, -0.15) is 0 Å². The van der Waals surface area contributed by atoms with Crippen LogP contribution in [0, 0.1) is 0 Å². The van der Waals surface area contributed by atoms with Crippen LogP contribution in [0.4, 0.5) is 5.13 Å². The summed E-state index contributed by atoms with van der Waals surface area (Å²) in [5.41, 5.74) is -0.735. The number of oxime groups is 1. The number of cyclic esters (lactones) is 1. The number of rotatable bonds is 12. The van der Waals surface area contributed by atoms with Crippen LogP contribution in [-0.4, -0.2) is 81.9 Å². The van der Waals surface area contributed by atoms with E-state index in [1.165, 1.54) is 12.5 Å². The Morgan fingerprint density at radius 2 is 1.79 bits per heavy atom. The summed E-state index contributed by atoms with van der Waals surface area (Å²) in [5, 5.41) is 10.8. The quantitative estimate of drug-likeness (QED) is 0.0934. The van der Waals surface area contributed by atoms with E-state index in [1.54, 1.807) is 54.8 Å². The first-order valence-corrected chi connectivity index (χ1v) is 16.6. The van der Waals surface area contributed by atoms with Gasteiger partial charge in [0.25, 0.3) is 5.91 Å². The zero-order chi connectivity index (χ0) is 33.6. The number of ether oxygens (including phenoxy) is 1. The molecule has 5 rings (SSSR count). The van der Waals surface area contributed by atoms with Crippen molar-refractivity contribution in [2.24, 2.45) is 5.16 Å². The highest BCUT2D eigenvalue weighted by atomic mass is 35.5. The molecular weight excluding hydrogens is 674 g/mol. The number of nitrogens with one attached hydrogen (secondary N) is 2. The van der Waals surface area contributed by atoms with Crippen molar-refractivity contribution in [3.05, 3.63) is 82.9 Å². The fourth-order valence-electron chi connectivity index (χ4n) is 5.14. The number of esters is 1. The topological polar surface area (TPSA) is 175 Å². The lowest BCUT2D eigenvalue weighted by molar-refractivity contribution is -0.310. The number of hydroxylamine groups is 2. The second-order valence-electron chi connectivity index (χ2n) is 10.2. The van der Waals surface area contributed by atoms with Gasteiger partial charge in [0.1, 0.15) is 25.3 Å². The highest BCUT2D eigenvalue weighted by molar-refractivity contribution is 8.00. The molecule has 0 bridgehead atoms. The minimum atomic E-state index is -1.84. The van der Waals surface area contributed by atoms with E-state index < -0.39 is 52.7 Å². The molecule has 2 fully saturated rings. The number of thioether (sulfide) groups is 1. The number of alkyl halides is 1. The van der Waals surface area contributed by atoms with Gasteiger partial charge in [0.05, 0.1) is 5.92 Å². The summed E-state index contributed by atoms with van der Waals surface area (Å²) in [6, 6.07) is 18.1. The van der Waals surface area contributed by atoms with E-state index in [0.29, 0.717) is 16.4 Å². The van der Waals surface area contributed by atoms with E-state index in [0.717, 1.165) is 23.1 Å². The predicted octanol–water partition coefficient (Wildman–Crippen LogP) is 2.99. The number of carbonyl (C=O) groups excluding carboxylic acids is 5. The van der Waals surface area contributed by atoms with Crippen LogP contribution in [0.3, 0.4) is 0 Å². The largest absolute Gasteiger partial charge is 0.446 e. The molecule has 2 N–H and O–H groups in total. The lowest BCUT2D eigenvalue weighted by Crippen LogP contribution is -2.56. The molecule has 2 atom stereocenters. The molecule has 0 aliphatic carbocycles. The molecule has 3 aromatic rings. The van der Waals surface area contributed by atoms with Crippen molar-refractivity contribution < 1.29 is 43.2 Å². The van der Waals surface area contributed by atoms with Gasteiger partial charge in [0, 0.05) is 18.2 Å². The second kappa shape index (κ2) is 14.5. The molecule has 1 aromatic heterocycles. The maximum atomic E-state index is 14.1. The van der Waals surface area contributed by atoms with Crippen LogP contribution in [0.25, 0.3) is 0 Å². The van der Waals surface area contributed by atoms with Gasteiger partial charge in [-0.1, -0.05) is 65.8 Å². The molecule has 17 heteroatoms. The van der Waals surface area contributed by atoms with Crippen molar-refractivity contribution in [2.45, 2.75) is 29.2 Å². The van der Waals surface area contributed by atoms with Gasteiger partial charge in [0.2, 0.25) is 11.5 Å². The third kappa shape index (κ3) is 6.95. The Labute approximate surface area is 281 Å². The third-order valence-corrected chi connectivity index (χ3v) is 9.40. The van der Waals surface area contributed by atoms with Crippen molar-refractivity contribution in [3.63, 3.8) is 0 Å². The van der Waals surface area contributed by atoms with Crippen molar-refractivity contribution >= 4 is 75.2 Å². The van der Waals surface area contributed by atoms with E-state index in [4.69, 9.17) is 30.9 Å². The number of hydrogen-bond donors (Lipinski definition) is 2. The molecule has 14 nitrogen and oxygen atoms in total. The standard InChI is InChI=1S/C30H28ClN5O9S2/c1-42-35-24(20-16-47-28(32-20)33-21(37)15-31)25(39)34-30(46-2)17-43-36(26(30)40)45-27(41)29(14-13-22(38)44-29)23(18-9-5-3-6-10-18)19-11-7-4-8-12-19/h3-12,16,23H,13-15,17H2,1-2H3,(H,34,39)(H,32,33,37). The number of thiazole rings is 1. The summed E-state index contributed by atoms with van der Waals surface area (Å²) < 4.78 is 5.76. The molecule has 2 aliphatic rings. The van der Waals surface area contributed by atoms with Crippen LogP contribution in [-0.2, 0) is 43.2 Å². The molecule has 2 unspecified atom stereocenters. The monoisotopic (exact) mass is 701 g/mol. The predicted molar refractivity (Wildman–Crippen MR) is 171 cm³/mol. The van der Waals surface area contributed by atoms with Gasteiger partial charge in [-0.05, 0) is 22.6 Å². The number of benzene rings is 2. The van der Waals surface area contributed by atoms with E-state index >= 15 is 0 Å². The Bertz CT molecular complexity index is 1650. The first-order chi connectivity index (χ1) is 22.7. The first kappa shape index (κ1) is 33.8. The lowest BCUT2D eigenvalue weighted by atomic mass is 9.76. The van der Waals surface area contributed by atoms with E-state index in [-0.39, 0.29) is 35.3 Å². The maximum Gasteiger partial charge on any atom is 0.379 e. The van der Waals surface area contributed by atoms with Crippen LogP contribution < -0.4 is 10.6 Å². The van der Waals surface area contributed by atoms with E-state index in [9.17, 15) is 24.0 Å². The van der Waals surface area contributed by atoms with Gasteiger partial charge in [-0.3, -0.25) is 19.2 Å². The van der Waals surface area contributed by atoms with Crippen LogP contribution in [0.2, 0.25) is 0 Å². The van der Waals surface area contributed by atoms with Gasteiger partial charge in [0.15, 0.2) is 15.7 Å². The Balaban J connectivity index is 1.38. The number of amides is 3. The summed E-state index contributed by atoms with van der Waals surface area (Å²) in [5.74, 6) is -5.01. The molecule has 47 heavy (non-hydrogen) atoms. The van der Waals surface area contributed by atoms with Gasteiger partial charge >= 0.3 is 17.8 Å². The van der Waals surface area contributed by atoms with Crippen LogP contribution in [0.5, 0.6) is 0 Å². The summed E-state index contributed by atoms with van der Waals surface area (Å²) in [7, 11) is 1.22. The first-order valence-electron chi connectivity index (χ1n) is 14.0. The van der Waals surface area contributed by atoms with E-state index in [1.807, 2.05) is 12.1 Å². The van der Waals surface area contributed by atoms with Gasteiger partial charge in [-0.25, -0.2) is 14.6 Å². The molecule has 0 radical (unpaired) electrons.